The van der Waals surface area contributed by atoms with Crippen LogP contribution in [0.15, 0.2) is 41.3 Å². The zero-order chi connectivity index (χ0) is 22.1. The van der Waals surface area contributed by atoms with Gasteiger partial charge in [0.2, 0.25) is 5.91 Å². The summed E-state index contributed by atoms with van der Waals surface area (Å²) in [6.07, 6.45) is -0.489. The molecule has 3 N–H and O–H groups in total. The maximum Gasteiger partial charge on any atom is 0.306 e. The third-order valence-corrected chi connectivity index (χ3v) is 7.69. The maximum absolute atomic E-state index is 13.6. The van der Waals surface area contributed by atoms with E-state index in [0.717, 1.165) is 14.6 Å². The normalized spacial score (nSPS) is 23.1. The predicted octanol–water partition coefficient (Wildman–Crippen LogP) is 1.91. The molecule has 8 nitrogen and oxygen atoms in total. The Balaban J connectivity index is 1.74. The fraction of sp³-hybridized carbons (Fsp3) is 0.333. The number of ether oxygens (including phenoxy) is 1. The molecule has 2 aliphatic rings. The first-order chi connectivity index (χ1) is 14.8. The lowest BCUT2D eigenvalue weighted by atomic mass is 10.1. The van der Waals surface area contributed by atoms with Crippen molar-refractivity contribution in [1.82, 2.24) is 5.32 Å². The van der Waals surface area contributed by atoms with Gasteiger partial charge in [0, 0.05) is 27.5 Å². The largest absolute Gasteiger partial charge is 0.452 e. The molecular formula is C21H21N3O5S2. The first-order valence-electron chi connectivity index (χ1n) is 9.75. The summed E-state index contributed by atoms with van der Waals surface area (Å²) in [4.78, 5) is 53.8. The Bertz CT molecular complexity index is 1050. The summed E-state index contributed by atoms with van der Waals surface area (Å²) in [5, 5.41) is 2.37. The zero-order valence-corrected chi connectivity index (χ0v) is 18.3. The van der Waals surface area contributed by atoms with Crippen molar-refractivity contribution >= 4 is 52.5 Å². The van der Waals surface area contributed by atoms with Gasteiger partial charge in [-0.3, -0.25) is 19.2 Å². The molecule has 0 spiro atoms. The van der Waals surface area contributed by atoms with Crippen molar-refractivity contribution in [3.8, 4) is 0 Å². The highest BCUT2D eigenvalue weighted by Crippen LogP contribution is 2.47. The molecule has 0 aliphatic carbocycles. The molecule has 31 heavy (non-hydrogen) atoms. The number of nitrogens with zero attached hydrogens (tertiary/aromatic N) is 1. The fourth-order valence-electron chi connectivity index (χ4n) is 3.64. The van der Waals surface area contributed by atoms with E-state index in [9.17, 15) is 19.2 Å². The number of thioether (sulfide) groups is 1. The molecule has 1 aromatic carbocycles. The van der Waals surface area contributed by atoms with Gasteiger partial charge in [0.25, 0.3) is 11.8 Å². The standard InChI is InChI=1S/C21H21N3O5S2/c1-11-6-8-15(30-11)19-18(23-20(27)13-7-9-17(26)29-13)21(28)24(10-16(22)25)12-4-2-3-5-14(12)31-19/h2-6,8,13,18-19H,7,9-10H2,1H3,(H2,22,25)(H,23,27)/t13-,18?,19?/m0/s1. The molecule has 1 aromatic heterocycles. The van der Waals surface area contributed by atoms with Crippen LogP contribution in [-0.2, 0) is 23.9 Å². The number of hydrogen-bond acceptors (Lipinski definition) is 7. The molecule has 3 amide bonds. The molecule has 3 atom stereocenters. The zero-order valence-electron chi connectivity index (χ0n) is 16.7. The van der Waals surface area contributed by atoms with E-state index in [2.05, 4.69) is 5.32 Å². The minimum absolute atomic E-state index is 0.165. The van der Waals surface area contributed by atoms with Gasteiger partial charge >= 0.3 is 5.97 Å². The average Bonchev–Trinajstić information content (AvgIpc) is 3.34. The molecule has 1 saturated heterocycles. The van der Waals surface area contributed by atoms with Gasteiger partial charge in [0.1, 0.15) is 12.6 Å². The van der Waals surface area contributed by atoms with Crippen molar-refractivity contribution in [2.24, 2.45) is 5.73 Å². The number of nitrogens with two attached hydrogens (primary N) is 1. The summed E-state index contributed by atoms with van der Waals surface area (Å²) in [7, 11) is 0. The van der Waals surface area contributed by atoms with Crippen molar-refractivity contribution in [1.29, 1.82) is 0 Å². The monoisotopic (exact) mass is 459 g/mol. The molecule has 0 bridgehead atoms. The van der Waals surface area contributed by atoms with Gasteiger partial charge in [-0.15, -0.1) is 23.1 Å². The van der Waals surface area contributed by atoms with E-state index in [1.54, 1.807) is 12.1 Å². The van der Waals surface area contributed by atoms with Crippen LogP contribution in [0.2, 0.25) is 0 Å². The van der Waals surface area contributed by atoms with Gasteiger partial charge in [-0.05, 0) is 31.2 Å². The van der Waals surface area contributed by atoms with Gasteiger partial charge in [-0.1, -0.05) is 12.1 Å². The van der Waals surface area contributed by atoms with Crippen LogP contribution in [0.4, 0.5) is 5.69 Å². The Morgan fingerprint density at radius 2 is 2.00 bits per heavy atom. The number of esters is 1. The summed E-state index contributed by atoms with van der Waals surface area (Å²) < 4.78 is 5.08. The number of fused-ring (bicyclic) bond motifs is 1. The summed E-state index contributed by atoms with van der Waals surface area (Å²) in [6.45, 7) is 1.66. The molecule has 2 aromatic rings. The number of hydrogen-bond donors (Lipinski definition) is 2. The van der Waals surface area contributed by atoms with Crippen LogP contribution in [0.5, 0.6) is 0 Å². The smallest absolute Gasteiger partial charge is 0.306 e. The predicted molar refractivity (Wildman–Crippen MR) is 117 cm³/mol. The van der Waals surface area contributed by atoms with Crippen LogP contribution in [0.3, 0.4) is 0 Å². The van der Waals surface area contributed by atoms with Crippen LogP contribution >= 0.6 is 23.1 Å². The lowest BCUT2D eigenvalue weighted by Crippen LogP contribution is -2.53. The lowest BCUT2D eigenvalue weighted by Gasteiger charge is -2.28. The van der Waals surface area contributed by atoms with Crippen LogP contribution in [-0.4, -0.2) is 42.4 Å². The molecule has 2 unspecified atom stereocenters. The van der Waals surface area contributed by atoms with Crippen LogP contribution in [0.1, 0.15) is 27.8 Å². The van der Waals surface area contributed by atoms with E-state index in [1.165, 1.54) is 28.0 Å². The van der Waals surface area contributed by atoms with Crippen molar-refractivity contribution in [2.45, 2.75) is 42.1 Å². The van der Waals surface area contributed by atoms with Gasteiger partial charge in [0.15, 0.2) is 6.10 Å². The van der Waals surface area contributed by atoms with E-state index >= 15 is 0 Å². The third kappa shape index (κ3) is 4.45. The number of para-hydroxylation sites is 1. The number of nitrogens with one attached hydrogen (secondary N) is 1. The van der Waals surface area contributed by atoms with Crippen molar-refractivity contribution in [3.05, 3.63) is 46.2 Å². The molecule has 10 heteroatoms. The van der Waals surface area contributed by atoms with Crippen molar-refractivity contribution < 1.29 is 23.9 Å². The maximum atomic E-state index is 13.6. The topological polar surface area (TPSA) is 119 Å². The number of cyclic esters (lactones) is 1. The van der Waals surface area contributed by atoms with Gasteiger partial charge in [0.05, 0.1) is 10.9 Å². The van der Waals surface area contributed by atoms with E-state index in [0.29, 0.717) is 5.69 Å². The molecule has 0 saturated carbocycles. The average molecular weight is 460 g/mol. The van der Waals surface area contributed by atoms with Crippen LogP contribution in [0, 0.1) is 6.92 Å². The molecular weight excluding hydrogens is 438 g/mol. The second-order valence-corrected chi connectivity index (χ2v) is 9.85. The number of rotatable bonds is 5. The molecule has 3 heterocycles. The van der Waals surface area contributed by atoms with Crippen LogP contribution in [0.25, 0.3) is 0 Å². The number of carbonyl (C=O) groups is 4. The highest BCUT2D eigenvalue weighted by molar-refractivity contribution is 8.00. The summed E-state index contributed by atoms with van der Waals surface area (Å²) in [5.41, 5.74) is 5.99. The number of benzene rings is 1. The second kappa shape index (κ2) is 8.72. The van der Waals surface area contributed by atoms with E-state index in [-0.39, 0.29) is 19.4 Å². The highest BCUT2D eigenvalue weighted by atomic mass is 32.2. The molecule has 2 aliphatic heterocycles. The second-order valence-electron chi connectivity index (χ2n) is 7.35. The Morgan fingerprint density at radius 3 is 2.65 bits per heavy atom. The molecule has 4 rings (SSSR count). The van der Waals surface area contributed by atoms with Gasteiger partial charge in [-0.2, -0.15) is 0 Å². The van der Waals surface area contributed by atoms with Gasteiger partial charge in [-0.25, -0.2) is 0 Å². The highest BCUT2D eigenvalue weighted by Gasteiger charge is 2.42. The van der Waals surface area contributed by atoms with Crippen LogP contribution < -0.4 is 16.0 Å². The molecule has 1 fully saturated rings. The summed E-state index contributed by atoms with van der Waals surface area (Å²) in [6, 6.07) is 10.2. The number of thiophene rings is 1. The molecule has 162 valence electrons. The number of aryl methyl sites for hydroxylation is 1. The number of amides is 3. The first-order valence-corrected chi connectivity index (χ1v) is 11.4. The minimum atomic E-state index is -0.971. The minimum Gasteiger partial charge on any atom is -0.452 e. The SMILES string of the molecule is Cc1ccc(C2Sc3ccccc3N(CC(N)=O)C(=O)C2NC(=O)[C@@H]2CCC(=O)O2)s1. The Morgan fingerprint density at radius 1 is 1.23 bits per heavy atom. The first kappa shape index (κ1) is 21.4. The summed E-state index contributed by atoms with van der Waals surface area (Å²) in [5.74, 6) is -2.05. The number of anilines is 1. The Kier molecular flexibility index (Phi) is 6.01. The van der Waals surface area contributed by atoms with Crippen molar-refractivity contribution in [2.75, 3.05) is 11.4 Å². The van der Waals surface area contributed by atoms with Crippen molar-refractivity contribution in [3.63, 3.8) is 0 Å². The quantitative estimate of drug-likeness (QED) is 0.660. The fourth-order valence-corrected chi connectivity index (χ4v) is 6.07. The Labute approximate surface area is 187 Å². The van der Waals surface area contributed by atoms with E-state index in [1.807, 2.05) is 31.2 Å². The number of primary amides is 1. The van der Waals surface area contributed by atoms with E-state index < -0.39 is 41.1 Å². The summed E-state index contributed by atoms with van der Waals surface area (Å²) >= 11 is 2.98. The van der Waals surface area contributed by atoms with Gasteiger partial charge < -0.3 is 20.7 Å². The Hall–Kier alpha value is -2.85. The number of carbonyl (C=O) groups excluding carboxylic acids is 4. The lowest BCUT2D eigenvalue weighted by molar-refractivity contribution is -0.148. The molecule has 0 radical (unpaired) electrons. The van der Waals surface area contributed by atoms with E-state index in [4.69, 9.17) is 10.5 Å². The third-order valence-electron chi connectivity index (χ3n) is 5.07.